The van der Waals surface area contributed by atoms with Crippen LogP contribution in [0.3, 0.4) is 0 Å². The maximum Gasteiger partial charge on any atom is 0.0642 e. The Kier molecular flexibility index (Phi) is 6.40. The van der Waals surface area contributed by atoms with Gasteiger partial charge in [0.2, 0.25) is 0 Å². The molecule has 1 nitrogen and oxygen atoms in total. The molecule has 0 aliphatic rings. The van der Waals surface area contributed by atoms with Gasteiger partial charge < -0.3 is 5.11 Å². The topological polar surface area (TPSA) is 20.2 Å². The van der Waals surface area contributed by atoms with Crippen molar-refractivity contribution in [2.75, 3.05) is 0 Å². The Morgan fingerprint density at radius 3 is 2.00 bits per heavy atom. The molecule has 0 bridgehead atoms. The molecular formula is C12H26O. The predicted octanol–water partition coefficient (Wildman–Crippen LogP) is 3.75. The van der Waals surface area contributed by atoms with Crippen molar-refractivity contribution in [3.63, 3.8) is 0 Å². The Balaban J connectivity index is 3.50. The molecule has 0 spiro atoms. The van der Waals surface area contributed by atoms with Crippen LogP contribution in [0.2, 0.25) is 0 Å². The highest BCUT2D eigenvalue weighted by molar-refractivity contribution is 4.74. The van der Waals surface area contributed by atoms with Gasteiger partial charge in [-0.15, -0.1) is 0 Å². The van der Waals surface area contributed by atoms with Crippen molar-refractivity contribution in [1.29, 1.82) is 0 Å². The number of hydrogen-bond acceptors (Lipinski definition) is 1. The first-order valence-corrected chi connectivity index (χ1v) is 5.76. The van der Waals surface area contributed by atoms with Crippen LogP contribution in [0.1, 0.15) is 66.2 Å². The van der Waals surface area contributed by atoms with Crippen molar-refractivity contribution in [1.82, 2.24) is 0 Å². The smallest absolute Gasteiger partial charge is 0.0642 e. The molecule has 0 amide bonds. The molecule has 1 heteroatoms. The van der Waals surface area contributed by atoms with Crippen molar-refractivity contribution in [3.8, 4) is 0 Å². The standard InChI is InChI=1S/C12H26O/c1-5-12(13,6-2)10-8-7-9-11(3)4/h11,13H,5-10H2,1-4H3. The minimum Gasteiger partial charge on any atom is -0.390 e. The molecule has 80 valence electrons. The zero-order valence-corrected chi connectivity index (χ0v) is 9.77. The van der Waals surface area contributed by atoms with Gasteiger partial charge in [-0.3, -0.25) is 0 Å². The first-order chi connectivity index (χ1) is 6.04. The summed E-state index contributed by atoms with van der Waals surface area (Å²) in [4.78, 5) is 0. The van der Waals surface area contributed by atoms with Gasteiger partial charge in [0.25, 0.3) is 0 Å². The van der Waals surface area contributed by atoms with Gasteiger partial charge in [-0.1, -0.05) is 47.0 Å². The molecule has 0 radical (unpaired) electrons. The second-order valence-corrected chi connectivity index (χ2v) is 4.57. The number of aliphatic hydroxyl groups is 1. The summed E-state index contributed by atoms with van der Waals surface area (Å²) >= 11 is 0. The van der Waals surface area contributed by atoms with Crippen LogP contribution >= 0.6 is 0 Å². The lowest BCUT2D eigenvalue weighted by Crippen LogP contribution is -2.26. The van der Waals surface area contributed by atoms with Gasteiger partial charge in [-0.05, 0) is 25.2 Å². The molecule has 0 aliphatic carbocycles. The Morgan fingerprint density at radius 1 is 1.08 bits per heavy atom. The fourth-order valence-corrected chi connectivity index (χ4v) is 1.61. The van der Waals surface area contributed by atoms with Crippen molar-refractivity contribution in [3.05, 3.63) is 0 Å². The molecule has 0 heterocycles. The molecule has 0 aromatic heterocycles. The maximum absolute atomic E-state index is 9.99. The fraction of sp³-hybridized carbons (Fsp3) is 1.00. The van der Waals surface area contributed by atoms with E-state index in [1.54, 1.807) is 0 Å². The van der Waals surface area contributed by atoms with E-state index in [9.17, 15) is 5.11 Å². The minimum atomic E-state index is -0.378. The highest BCUT2D eigenvalue weighted by Crippen LogP contribution is 2.22. The molecule has 1 N–H and O–H groups in total. The van der Waals surface area contributed by atoms with E-state index in [1.807, 2.05) is 0 Å². The third-order valence-corrected chi connectivity index (χ3v) is 2.99. The summed E-state index contributed by atoms with van der Waals surface area (Å²) in [5.74, 6) is 0.802. The summed E-state index contributed by atoms with van der Waals surface area (Å²) < 4.78 is 0. The lowest BCUT2D eigenvalue weighted by Gasteiger charge is -2.25. The summed E-state index contributed by atoms with van der Waals surface area (Å²) in [6.07, 6.45) is 6.50. The highest BCUT2D eigenvalue weighted by atomic mass is 16.3. The Hall–Kier alpha value is -0.0400. The third kappa shape index (κ3) is 6.09. The SMILES string of the molecule is CCC(O)(CC)CCCCC(C)C. The van der Waals surface area contributed by atoms with E-state index in [4.69, 9.17) is 0 Å². The van der Waals surface area contributed by atoms with Gasteiger partial charge in [0, 0.05) is 0 Å². The van der Waals surface area contributed by atoms with Crippen molar-refractivity contribution in [2.45, 2.75) is 71.8 Å². The Morgan fingerprint density at radius 2 is 1.62 bits per heavy atom. The van der Waals surface area contributed by atoms with E-state index >= 15 is 0 Å². The second kappa shape index (κ2) is 6.42. The van der Waals surface area contributed by atoms with Crippen LogP contribution in [-0.4, -0.2) is 10.7 Å². The molecule has 0 aromatic carbocycles. The van der Waals surface area contributed by atoms with Crippen molar-refractivity contribution in [2.24, 2.45) is 5.92 Å². The number of rotatable bonds is 7. The van der Waals surface area contributed by atoms with Crippen LogP contribution in [0.4, 0.5) is 0 Å². The zero-order valence-electron chi connectivity index (χ0n) is 9.77. The molecule has 0 aliphatic heterocycles. The fourth-order valence-electron chi connectivity index (χ4n) is 1.61. The number of unbranched alkanes of at least 4 members (excludes halogenated alkanes) is 1. The molecule has 0 unspecified atom stereocenters. The van der Waals surface area contributed by atoms with Gasteiger partial charge >= 0.3 is 0 Å². The van der Waals surface area contributed by atoms with E-state index in [0.717, 1.165) is 25.2 Å². The molecule has 13 heavy (non-hydrogen) atoms. The maximum atomic E-state index is 9.99. The number of hydrogen-bond donors (Lipinski definition) is 1. The molecule has 0 saturated heterocycles. The van der Waals surface area contributed by atoms with E-state index in [2.05, 4.69) is 27.7 Å². The average molecular weight is 186 g/mol. The Labute approximate surface area is 83.5 Å². The van der Waals surface area contributed by atoms with Crippen LogP contribution < -0.4 is 0 Å². The van der Waals surface area contributed by atoms with Gasteiger partial charge in [-0.25, -0.2) is 0 Å². The average Bonchev–Trinajstić information content (AvgIpc) is 2.12. The predicted molar refractivity (Wildman–Crippen MR) is 58.8 cm³/mol. The molecule has 0 aromatic rings. The molecule has 0 atom stereocenters. The van der Waals surface area contributed by atoms with Crippen molar-refractivity contribution >= 4 is 0 Å². The van der Waals surface area contributed by atoms with Gasteiger partial charge in [0.05, 0.1) is 5.60 Å². The summed E-state index contributed by atoms with van der Waals surface area (Å²) in [7, 11) is 0. The Bertz CT molecular complexity index is 114. The lowest BCUT2D eigenvalue weighted by atomic mass is 9.90. The first kappa shape index (κ1) is 13.0. The summed E-state index contributed by atoms with van der Waals surface area (Å²) in [6.45, 7) is 8.66. The molecule has 0 saturated carbocycles. The van der Waals surface area contributed by atoms with Crippen LogP contribution in [0.25, 0.3) is 0 Å². The molecule has 0 rings (SSSR count). The second-order valence-electron chi connectivity index (χ2n) is 4.57. The van der Waals surface area contributed by atoms with Crippen LogP contribution in [0, 0.1) is 5.92 Å². The summed E-state index contributed by atoms with van der Waals surface area (Å²) in [5.41, 5.74) is -0.378. The molecule has 0 fully saturated rings. The van der Waals surface area contributed by atoms with Gasteiger partial charge in [0.1, 0.15) is 0 Å². The monoisotopic (exact) mass is 186 g/mol. The van der Waals surface area contributed by atoms with Gasteiger partial charge in [0.15, 0.2) is 0 Å². The summed E-state index contributed by atoms with van der Waals surface area (Å²) in [6, 6.07) is 0. The van der Waals surface area contributed by atoms with Crippen LogP contribution in [0.15, 0.2) is 0 Å². The van der Waals surface area contributed by atoms with E-state index in [1.165, 1.54) is 19.3 Å². The quantitative estimate of drug-likeness (QED) is 0.600. The largest absolute Gasteiger partial charge is 0.390 e. The summed E-state index contributed by atoms with van der Waals surface area (Å²) in [5, 5.41) is 9.99. The highest BCUT2D eigenvalue weighted by Gasteiger charge is 2.20. The van der Waals surface area contributed by atoms with Crippen molar-refractivity contribution < 1.29 is 5.11 Å². The van der Waals surface area contributed by atoms with E-state index in [-0.39, 0.29) is 5.60 Å². The van der Waals surface area contributed by atoms with Gasteiger partial charge in [-0.2, -0.15) is 0 Å². The third-order valence-electron chi connectivity index (χ3n) is 2.99. The van der Waals surface area contributed by atoms with E-state index < -0.39 is 0 Å². The first-order valence-electron chi connectivity index (χ1n) is 5.76. The normalized spacial score (nSPS) is 12.5. The van der Waals surface area contributed by atoms with E-state index in [0.29, 0.717) is 0 Å². The lowest BCUT2D eigenvalue weighted by molar-refractivity contribution is 0.0209. The minimum absolute atomic E-state index is 0.378. The van der Waals surface area contributed by atoms with Crippen LogP contribution in [0.5, 0.6) is 0 Å². The zero-order chi connectivity index (χ0) is 10.3. The molecular weight excluding hydrogens is 160 g/mol. The van der Waals surface area contributed by atoms with Crippen LogP contribution in [-0.2, 0) is 0 Å².